The van der Waals surface area contributed by atoms with Crippen LogP contribution in [0.5, 0.6) is 0 Å². The van der Waals surface area contributed by atoms with Crippen LogP contribution in [0.2, 0.25) is 0 Å². The third-order valence-corrected chi connectivity index (χ3v) is 0.806. The van der Waals surface area contributed by atoms with E-state index in [0.717, 1.165) is 0 Å². The quantitative estimate of drug-likeness (QED) is 0.649. The number of rotatable bonds is 1. The van der Waals surface area contributed by atoms with Gasteiger partial charge in [0.15, 0.2) is 0 Å². The Bertz CT molecular complexity index is 184. The molecule has 3 nitrogen and oxygen atoms in total. The molecule has 10 heavy (non-hydrogen) atoms. The van der Waals surface area contributed by atoms with Gasteiger partial charge in [-0.3, -0.25) is 4.79 Å². The van der Waals surface area contributed by atoms with Gasteiger partial charge in [-0.2, -0.15) is 0 Å². The predicted octanol–water partition coefficient (Wildman–Crippen LogP) is 1.65. The first-order valence-electron chi connectivity index (χ1n) is 3.12. The van der Waals surface area contributed by atoms with Crippen molar-refractivity contribution in [1.82, 2.24) is 0 Å². The minimum atomic E-state index is -0.459. The summed E-state index contributed by atoms with van der Waals surface area (Å²) in [6.07, 6.45) is 2.71. The molecule has 0 fully saturated rings. The van der Waals surface area contributed by atoms with Crippen LogP contribution in [0.4, 0.5) is 0 Å². The van der Waals surface area contributed by atoms with Crippen LogP contribution in [0, 0.1) is 0 Å². The third-order valence-electron chi connectivity index (χ3n) is 0.806. The maximum absolute atomic E-state index is 10.2. The average Bonchev–Trinajstić information content (AvgIpc) is 2.42. The van der Waals surface area contributed by atoms with Gasteiger partial charge in [0, 0.05) is 1.43 Å². The van der Waals surface area contributed by atoms with Crippen LogP contribution in [0.1, 0.15) is 25.6 Å². The van der Waals surface area contributed by atoms with E-state index < -0.39 is 5.91 Å². The lowest BCUT2D eigenvalue weighted by atomic mass is 10.3. The van der Waals surface area contributed by atoms with Crippen LogP contribution < -0.4 is 5.73 Å². The molecule has 1 heterocycles. The molecule has 0 aromatic carbocycles. The standard InChI is InChI=1S/C5H5NO2.C2H6.H2/c6-5(7)4-1-2-8-3-4;1-2;/h1-3H,(H2,6,7);1-2H3;1H. The van der Waals surface area contributed by atoms with Crippen molar-refractivity contribution in [2.45, 2.75) is 13.8 Å². The molecule has 58 valence electrons. The molecule has 0 aliphatic heterocycles. The van der Waals surface area contributed by atoms with Crippen LogP contribution in [-0.4, -0.2) is 5.91 Å². The molecular weight excluding hydrogens is 130 g/mol. The van der Waals surface area contributed by atoms with Crippen molar-refractivity contribution in [2.75, 3.05) is 0 Å². The van der Waals surface area contributed by atoms with Gasteiger partial charge >= 0.3 is 0 Å². The largest absolute Gasteiger partial charge is 0.472 e. The van der Waals surface area contributed by atoms with Crippen molar-refractivity contribution in [2.24, 2.45) is 5.73 Å². The van der Waals surface area contributed by atoms with E-state index in [1.54, 1.807) is 0 Å². The number of hydrogen-bond donors (Lipinski definition) is 1. The zero-order valence-corrected chi connectivity index (χ0v) is 6.13. The number of carbonyl (C=O) groups is 1. The second-order valence-electron chi connectivity index (χ2n) is 1.38. The van der Waals surface area contributed by atoms with Crippen molar-refractivity contribution < 1.29 is 10.6 Å². The molecule has 1 aromatic heterocycles. The summed E-state index contributed by atoms with van der Waals surface area (Å²) in [6.45, 7) is 4.00. The van der Waals surface area contributed by atoms with Gasteiger partial charge in [-0.1, -0.05) is 13.8 Å². The normalized spacial score (nSPS) is 7.80. The molecule has 0 aliphatic carbocycles. The highest BCUT2D eigenvalue weighted by molar-refractivity contribution is 5.92. The number of nitrogens with two attached hydrogens (primary N) is 1. The molecule has 1 rings (SSSR count). The van der Waals surface area contributed by atoms with Crippen LogP contribution in [0.25, 0.3) is 0 Å². The molecular formula is C7H13NO2. The first-order valence-corrected chi connectivity index (χ1v) is 3.12. The molecule has 0 aliphatic rings. The molecule has 1 amide bonds. The Morgan fingerprint density at radius 2 is 2.30 bits per heavy atom. The molecule has 0 spiro atoms. The maximum atomic E-state index is 10.2. The van der Waals surface area contributed by atoms with Gasteiger partial charge in [-0.15, -0.1) is 0 Å². The Kier molecular flexibility index (Phi) is 4.04. The van der Waals surface area contributed by atoms with Gasteiger partial charge in [0.25, 0.3) is 5.91 Å². The molecule has 0 saturated heterocycles. The minimum absolute atomic E-state index is 0. The minimum Gasteiger partial charge on any atom is -0.472 e. The van der Waals surface area contributed by atoms with Crippen molar-refractivity contribution in [3.63, 3.8) is 0 Å². The number of carbonyl (C=O) groups excluding carboxylic acids is 1. The average molecular weight is 143 g/mol. The Hall–Kier alpha value is -1.25. The van der Waals surface area contributed by atoms with E-state index in [1.807, 2.05) is 13.8 Å². The molecule has 0 bridgehead atoms. The Labute approximate surface area is 61.3 Å². The first kappa shape index (κ1) is 8.75. The van der Waals surface area contributed by atoms with E-state index >= 15 is 0 Å². The first-order chi connectivity index (χ1) is 4.80. The van der Waals surface area contributed by atoms with Crippen molar-refractivity contribution in [1.29, 1.82) is 0 Å². The second-order valence-corrected chi connectivity index (χ2v) is 1.38. The van der Waals surface area contributed by atoms with Crippen molar-refractivity contribution in [3.8, 4) is 0 Å². The van der Waals surface area contributed by atoms with Gasteiger partial charge in [0.05, 0.1) is 11.8 Å². The molecule has 2 N–H and O–H groups in total. The molecule has 0 radical (unpaired) electrons. The fourth-order valence-corrected chi connectivity index (χ4v) is 0.405. The summed E-state index contributed by atoms with van der Waals surface area (Å²) in [4.78, 5) is 10.2. The highest BCUT2D eigenvalue weighted by Crippen LogP contribution is 1.96. The summed E-state index contributed by atoms with van der Waals surface area (Å²) in [7, 11) is 0. The highest BCUT2D eigenvalue weighted by Gasteiger charge is 1.97. The summed E-state index contributed by atoms with van der Waals surface area (Å²) in [5.74, 6) is -0.459. The van der Waals surface area contributed by atoms with E-state index in [2.05, 4.69) is 4.42 Å². The number of primary amides is 1. The molecule has 0 unspecified atom stereocenters. The smallest absolute Gasteiger partial charge is 0.251 e. The van der Waals surface area contributed by atoms with Gasteiger partial charge in [0.1, 0.15) is 6.26 Å². The van der Waals surface area contributed by atoms with Crippen LogP contribution in [0.15, 0.2) is 23.0 Å². The SMILES string of the molecule is CC.NC(=O)c1ccoc1.[HH]. The van der Waals surface area contributed by atoms with E-state index in [-0.39, 0.29) is 1.43 Å². The number of amides is 1. The number of furan rings is 1. The van der Waals surface area contributed by atoms with E-state index in [1.165, 1.54) is 18.6 Å². The molecule has 3 heteroatoms. The van der Waals surface area contributed by atoms with Gasteiger partial charge < -0.3 is 10.2 Å². The van der Waals surface area contributed by atoms with Crippen LogP contribution in [0.3, 0.4) is 0 Å². The summed E-state index contributed by atoms with van der Waals surface area (Å²) in [5.41, 5.74) is 5.27. The van der Waals surface area contributed by atoms with Crippen molar-refractivity contribution in [3.05, 3.63) is 24.2 Å². The fraction of sp³-hybridized carbons (Fsp3) is 0.286. The summed E-state index contributed by atoms with van der Waals surface area (Å²) in [5, 5.41) is 0. The Morgan fingerprint density at radius 1 is 1.70 bits per heavy atom. The second kappa shape index (κ2) is 4.61. The lowest BCUT2D eigenvalue weighted by Gasteiger charge is -1.78. The van der Waals surface area contributed by atoms with E-state index in [0.29, 0.717) is 5.56 Å². The van der Waals surface area contributed by atoms with E-state index in [9.17, 15) is 4.79 Å². The lowest BCUT2D eigenvalue weighted by molar-refractivity contribution is 0.0999. The van der Waals surface area contributed by atoms with Crippen LogP contribution in [-0.2, 0) is 0 Å². The Balaban J connectivity index is 0. The zero-order valence-electron chi connectivity index (χ0n) is 6.13. The van der Waals surface area contributed by atoms with Crippen molar-refractivity contribution >= 4 is 5.91 Å². The predicted molar refractivity (Wildman–Crippen MR) is 40.7 cm³/mol. The topological polar surface area (TPSA) is 56.2 Å². The number of hydrogen-bond acceptors (Lipinski definition) is 2. The summed E-state index contributed by atoms with van der Waals surface area (Å²) >= 11 is 0. The van der Waals surface area contributed by atoms with E-state index in [4.69, 9.17) is 5.73 Å². The van der Waals surface area contributed by atoms with Gasteiger partial charge in [-0.25, -0.2) is 0 Å². The zero-order chi connectivity index (χ0) is 7.98. The molecule has 0 saturated carbocycles. The Morgan fingerprint density at radius 3 is 2.50 bits per heavy atom. The third kappa shape index (κ3) is 2.35. The van der Waals surface area contributed by atoms with Gasteiger partial charge in [0.2, 0.25) is 0 Å². The fourth-order valence-electron chi connectivity index (χ4n) is 0.405. The highest BCUT2D eigenvalue weighted by atomic mass is 16.3. The maximum Gasteiger partial charge on any atom is 0.251 e. The monoisotopic (exact) mass is 143 g/mol. The molecule has 0 atom stereocenters. The lowest BCUT2D eigenvalue weighted by Crippen LogP contribution is -2.08. The summed E-state index contributed by atoms with van der Waals surface area (Å²) < 4.78 is 4.57. The molecule has 1 aromatic rings. The van der Waals surface area contributed by atoms with Crippen LogP contribution >= 0.6 is 0 Å². The summed E-state index contributed by atoms with van der Waals surface area (Å²) in [6, 6.07) is 1.52. The van der Waals surface area contributed by atoms with Gasteiger partial charge in [-0.05, 0) is 6.07 Å².